The standard InChI is InChI=1S/C20H24N8OS/c1-3-5-15-19(30-26-23-15)20(29)28-12-10-27(11-13-28)18-9-8-17(24-25-18)22-16-7-4-6-14(2)21-16/h4,6-9H,3,5,10-13H2,1-2H3,(H,21,22,24). The van der Waals surface area contributed by atoms with Crippen molar-refractivity contribution in [3.63, 3.8) is 0 Å². The lowest BCUT2D eigenvalue weighted by Crippen LogP contribution is -2.49. The third-order valence-electron chi connectivity index (χ3n) is 4.92. The number of aryl methyl sites for hydroxylation is 2. The topological polar surface area (TPSA) is 100 Å². The molecule has 0 saturated carbocycles. The summed E-state index contributed by atoms with van der Waals surface area (Å²) in [6.07, 6.45) is 1.73. The zero-order chi connectivity index (χ0) is 20.9. The first kappa shape index (κ1) is 20.1. The lowest BCUT2D eigenvalue weighted by Gasteiger charge is -2.35. The highest BCUT2D eigenvalue weighted by Crippen LogP contribution is 2.20. The van der Waals surface area contributed by atoms with Crippen LogP contribution in [0, 0.1) is 6.92 Å². The van der Waals surface area contributed by atoms with Crippen molar-refractivity contribution in [1.29, 1.82) is 0 Å². The molecule has 0 radical (unpaired) electrons. The van der Waals surface area contributed by atoms with Crippen molar-refractivity contribution in [2.24, 2.45) is 0 Å². The van der Waals surface area contributed by atoms with Crippen LogP contribution in [0.2, 0.25) is 0 Å². The van der Waals surface area contributed by atoms with Gasteiger partial charge in [-0.25, -0.2) is 4.98 Å². The molecular weight excluding hydrogens is 400 g/mol. The van der Waals surface area contributed by atoms with Crippen molar-refractivity contribution in [3.8, 4) is 0 Å². The second-order valence-corrected chi connectivity index (χ2v) is 7.90. The first-order chi connectivity index (χ1) is 14.6. The Morgan fingerprint density at radius 1 is 1.07 bits per heavy atom. The van der Waals surface area contributed by atoms with E-state index in [1.165, 1.54) is 11.5 Å². The Balaban J connectivity index is 1.35. The van der Waals surface area contributed by atoms with Gasteiger partial charge in [-0.05, 0) is 49.1 Å². The summed E-state index contributed by atoms with van der Waals surface area (Å²) in [5, 5.41) is 15.9. The van der Waals surface area contributed by atoms with Crippen LogP contribution in [-0.4, -0.2) is 61.8 Å². The van der Waals surface area contributed by atoms with Crippen LogP contribution in [0.4, 0.5) is 17.5 Å². The Hall–Kier alpha value is -3.14. The molecular formula is C20H24N8OS. The zero-order valence-corrected chi connectivity index (χ0v) is 17.9. The number of hydrogen-bond donors (Lipinski definition) is 1. The van der Waals surface area contributed by atoms with Crippen LogP contribution in [0.5, 0.6) is 0 Å². The Labute approximate surface area is 179 Å². The number of hydrogen-bond acceptors (Lipinski definition) is 9. The smallest absolute Gasteiger partial charge is 0.267 e. The van der Waals surface area contributed by atoms with Gasteiger partial charge in [-0.1, -0.05) is 23.9 Å². The molecule has 1 N–H and O–H groups in total. The van der Waals surface area contributed by atoms with Crippen molar-refractivity contribution in [2.75, 3.05) is 36.4 Å². The van der Waals surface area contributed by atoms with E-state index < -0.39 is 0 Å². The summed E-state index contributed by atoms with van der Waals surface area (Å²) < 4.78 is 3.97. The van der Waals surface area contributed by atoms with Crippen molar-refractivity contribution in [2.45, 2.75) is 26.7 Å². The van der Waals surface area contributed by atoms with E-state index in [-0.39, 0.29) is 5.91 Å². The van der Waals surface area contributed by atoms with E-state index in [0.717, 1.165) is 35.9 Å². The molecule has 4 rings (SSSR count). The molecule has 1 aliphatic rings. The summed E-state index contributed by atoms with van der Waals surface area (Å²) in [4.78, 5) is 21.9. The molecule has 1 aliphatic heterocycles. The predicted octanol–water partition coefficient (Wildman–Crippen LogP) is 2.69. The van der Waals surface area contributed by atoms with Crippen LogP contribution in [0.25, 0.3) is 0 Å². The zero-order valence-electron chi connectivity index (χ0n) is 17.1. The number of aromatic nitrogens is 5. The van der Waals surface area contributed by atoms with Crippen LogP contribution in [0.1, 0.15) is 34.4 Å². The van der Waals surface area contributed by atoms with Crippen molar-refractivity contribution in [1.82, 2.24) is 29.7 Å². The maximum Gasteiger partial charge on any atom is 0.267 e. The minimum absolute atomic E-state index is 0.0318. The van der Waals surface area contributed by atoms with Gasteiger partial charge in [0.2, 0.25) is 0 Å². The van der Waals surface area contributed by atoms with Gasteiger partial charge in [-0.15, -0.1) is 15.3 Å². The molecule has 30 heavy (non-hydrogen) atoms. The van der Waals surface area contributed by atoms with E-state index in [1.807, 2.05) is 42.2 Å². The SMILES string of the molecule is CCCc1nnsc1C(=O)N1CCN(c2ccc(Nc3cccc(C)n3)nn2)CC1. The minimum atomic E-state index is 0.0318. The molecule has 0 spiro atoms. The van der Waals surface area contributed by atoms with Gasteiger partial charge in [0, 0.05) is 31.9 Å². The molecule has 0 bridgehead atoms. The summed E-state index contributed by atoms with van der Waals surface area (Å²) in [7, 11) is 0. The maximum atomic E-state index is 12.8. The number of carbonyl (C=O) groups excluding carboxylic acids is 1. The van der Waals surface area contributed by atoms with E-state index in [1.54, 1.807) is 0 Å². The Morgan fingerprint density at radius 3 is 2.60 bits per heavy atom. The fourth-order valence-corrected chi connectivity index (χ4v) is 4.03. The fraction of sp³-hybridized carbons (Fsp3) is 0.400. The number of nitrogens with one attached hydrogen (secondary N) is 1. The molecule has 3 aromatic rings. The molecule has 1 saturated heterocycles. The van der Waals surface area contributed by atoms with Crippen LogP contribution in [0.3, 0.4) is 0 Å². The molecule has 4 heterocycles. The van der Waals surface area contributed by atoms with E-state index >= 15 is 0 Å². The lowest BCUT2D eigenvalue weighted by molar-refractivity contribution is 0.0750. The van der Waals surface area contributed by atoms with Crippen molar-refractivity contribution >= 4 is 34.9 Å². The largest absolute Gasteiger partial charge is 0.352 e. The number of anilines is 3. The highest BCUT2D eigenvalue weighted by molar-refractivity contribution is 7.08. The van der Waals surface area contributed by atoms with Gasteiger partial charge < -0.3 is 15.1 Å². The molecule has 0 aliphatic carbocycles. The number of rotatable bonds is 6. The number of nitrogens with zero attached hydrogens (tertiary/aromatic N) is 7. The second kappa shape index (κ2) is 9.12. The third kappa shape index (κ3) is 4.54. The molecule has 1 fully saturated rings. The third-order valence-corrected chi connectivity index (χ3v) is 5.68. The lowest BCUT2D eigenvalue weighted by atomic mass is 10.2. The van der Waals surface area contributed by atoms with E-state index in [2.05, 4.69) is 41.9 Å². The van der Waals surface area contributed by atoms with Crippen LogP contribution in [-0.2, 0) is 6.42 Å². The molecule has 10 heteroatoms. The molecule has 9 nitrogen and oxygen atoms in total. The number of piperazine rings is 1. The Bertz CT molecular complexity index is 998. The van der Waals surface area contributed by atoms with Gasteiger partial charge in [0.05, 0.1) is 5.69 Å². The molecule has 0 atom stereocenters. The van der Waals surface area contributed by atoms with Gasteiger partial charge >= 0.3 is 0 Å². The summed E-state index contributed by atoms with van der Waals surface area (Å²) in [5.74, 6) is 2.22. The van der Waals surface area contributed by atoms with Crippen LogP contribution < -0.4 is 10.2 Å². The summed E-state index contributed by atoms with van der Waals surface area (Å²) in [6.45, 7) is 6.71. The number of carbonyl (C=O) groups is 1. The molecule has 156 valence electrons. The monoisotopic (exact) mass is 424 g/mol. The quantitative estimate of drug-likeness (QED) is 0.645. The van der Waals surface area contributed by atoms with Gasteiger partial charge in [-0.3, -0.25) is 4.79 Å². The first-order valence-electron chi connectivity index (χ1n) is 10.0. The average Bonchev–Trinajstić information content (AvgIpc) is 3.23. The van der Waals surface area contributed by atoms with Gasteiger partial charge in [0.25, 0.3) is 5.91 Å². The predicted molar refractivity (Wildman–Crippen MR) is 116 cm³/mol. The van der Waals surface area contributed by atoms with E-state index in [0.29, 0.717) is 36.9 Å². The summed E-state index contributed by atoms with van der Waals surface area (Å²) >= 11 is 1.19. The van der Waals surface area contributed by atoms with Crippen LogP contribution >= 0.6 is 11.5 Å². The van der Waals surface area contributed by atoms with Gasteiger partial charge in [0.1, 0.15) is 10.7 Å². The van der Waals surface area contributed by atoms with Gasteiger partial charge in [0.15, 0.2) is 11.6 Å². The molecule has 1 amide bonds. The average molecular weight is 425 g/mol. The van der Waals surface area contributed by atoms with Crippen LogP contribution in [0.15, 0.2) is 30.3 Å². The fourth-order valence-electron chi connectivity index (χ4n) is 3.36. The number of amides is 1. The molecule has 0 unspecified atom stereocenters. The first-order valence-corrected chi connectivity index (χ1v) is 10.8. The second-order valence-electron chi connectivity index (χ2n) is 7.14. The maximum absolute atomic E-state index is 12.8. The van der Waals surface area contributed by atoms with E-state index in [9.17, 15) is 4.79 Å². The number of pyridine rings is 1. The van der Waals surface area contributed by atoms with Crippen molar-refractivity contribution in [3.05, 3.63) is 46.6 Å². The molecule has 0 aromatic carbocycles. The Morgan fingerprint density at radius 2 is 1.90 bits per heavy atom. The normalized spacial score (nSPS) is 14.1. The summed E-state index contributed by atoms with van der Waals surface area (Å²) in [6, 6.07) is 9.61. The Kier molecular flexibility index (Phi) is 6.12. The highest BCUT2D eigenvalue weighted by atomic mass is 32.1. The minimum Gasteiger partial charge on any atom is -0.352 e. The van der Waals surface area contributed by atoms with Crippen molar-refractivity contribution < 1.29 is 4.79 Å². The summed E-state index contributed by atoms with van der Waals surface area (Å²) in [5.41, 5.74) is 1.75. The highest BCUT2D eigenvalue weighted by Gasteiger charge is 2.26. The molecule has 3 aromatic heterocycles. The van der Waals surface area contributed by atoms with E-state index in [4.69, 9.17) is 0 Å². The van der Waals surface area contributed by atoms with Gasteiger partial charge in [-0.2, -0.15) is 0 Å².